The van der Waals surface area contributed by atoms with Gasteiger partial charge in [0.15, 0.2) is 0 Å². The van der Waals surface area contributed by atoms with Crippen molar-refractivity contribution in [2.75, 3.05) is 6.54 Å². The highest BCUT2D eigenvalue weighted by molar-refractivity contribution is 7.89. The Morgan fingerprint density at radius 1 is 1.14 bits per heavy atom. The van der Waals surface area contributed by atoms with Crippen LogP contribution in [0.3, 0.4) is 0 Å². The number of aromatic nitrogens is 2. The maximum atomic E-state index is 13.2. The first-order chi connectivity index (χ1) is 14.0. The first kappa shape index (κ1) is 20.1. The Kier molecular flexibility index (Phi) is 5.72. The highest BCUT2D eigenvalue weighted by Gasteiger charge is 2.39. The summed E-state index contributed by atoms with van der Waals surface area (Å²) in [4.78, 5) is 4.75. The summed E-state index contributed by atoms with van der Waals surface area (Å²) >= 11 is 5.93. The van der Waals surface area contributed by atoms with Crippen molar-refractivity contribution in [1.29, 1.82) is 0 Å². The number of aryl methyl sites for hydroxylation is 1. The molecule has 1 saturated heterocycles. The van der Waals surface area contributed by atoms with E-state index >= 15 is 0 Å². The smallest absolute Gasteiger partial charge is 0.245 e. The van der Waals surface area contributed by atoms with E-state index in [1.807, 2.05) is 12.1 Å². The lowest BCUT2D eigenvalue weighted by molar-refractivity contribution is 0.290. The van der Waals surface area contributed by atoms with E-state index < -0.39 is 16.1 Å². The summed E-state index contributed by atoms with van der Waals surface area (Å²) in [5, 5.41) is 4.65. The third kappa shape index (κ3) is 4.08. The highest BCUT2D eigenvalue weighted by atomic mass is 35.5. The number of nitrogens with zero attached hydrogens (tertiary/aromatic N) is 3. The zero-order chi connectivity index (χ0) is 20.4. The molecule has 152 valence electrons. The van der Waals surface area contributed by atoms with Crippen molar-refractivity contribution < 1.29 is 12.9 Å². The average Bonchev–Trinajstić information content (AvgIpc) is 3.39. The SMILES string of the molecule is CCCc1ccc(S(=O)(=O)N2CCC[C@H]2c2nc(-c3ccc(Cl)cc3)no2)cc1. The molecule has 1 aliphatic rings. The number of rotatable bonds is 6. The molecule has 6 nitrogen and oxygen atoms in total. The molecule has 0 amide bonds. The largest absolute Gasteiger partial charge is 0.337 e. The zero-order valence-electron chi connectivity index (χ0n) is 16.1. The average molecular weight is 432 g/mol. The Balaban J connectivity index is 1.59. The molecule has 1 atom stereocenters. The van der Waals surface area contributed by atoms with Gasteiger partial charge in [-0.2, -0.15) is 9.29 Å². The third-order valence-electron chi connectivity index (χ3n) is 5.10. The molecule has 1 aromatic heterocycles. The summed E-state index contributed by atoms with van der Waals surface area (Å²) in [5.41, 5.74) is 1.90. The summed E-state index contributed by atoms with van der Waals surface area (Å²) in [6.45, 7) is 2.53. The van der Waals surface area contributed by atoms with E-state index in [0.717, 1.165) is 30.4 Å². The molecule has 4 rings (SSSR count). The van der Waals surface area contributed by atoms with E-state index in [2.05, 4.69) is 17.1 Å². The molecule has 0 unspecified atom stereocenters. The van der Waals surface area contributed by atoms with Gasteiger partial charge in [0.05, 0.1) is 4.90 Å². The molecule has 0 radical (unpaired) electrons. The van der Waals surface area contributed by atoms with Crippen LogP contribution in [0.25, 0.3) is 11.4 Å². The van der Waals surface area contributed by atoms with E-state index in [-0.39, 0.29) is 0 Å². The Labute approximate surface area is 175 Å². The molecule has 29 heavy (non-hydrogen) atoms. The molecular weight excluding hydrogens is 410 g/mol. The molecule has 0 saturated carbocycles. The van der Waals surface area contributed by atoms with Crippen LogP contribution >= 0.6 is 11.6 Å². The van der Waals surface area contributed by atoms with E-state index in [4.69, 9.17) is 16.1 Å². The Morgan fingerprint density at radius 3 is 2.55 bits per heavy atom. The van der Waals surface area contributed by atoms with E-state index in [9.17, 15) is 8.42 Å². The molecule has 1 aliphatic heterocycles. The summed E-state index contributed by atoms with van der Waals surface area (Å²) in [6.07, 6.45) is 3.35. The standard InChI is InChI=1S/C21H22ClN3O3S/c1-2-4-15-6-12-18(13-7-15)29(26,27)25-14-3-5-19(25)21-23-20(24-28-21)16-8-10-17(22)11-9-16/h6-13,19H,2-5,14H2,1H3/t19-/m0/s1. The van der Waals surface area contributed by atoms with Crippen LogP contribution in [0.1, 0.15) is 43.7 Å². The predicted molar refractivity (Wildman–Crippen MR) is 111 cm³/mol. The van der Waals surface area contributed by atoms with E-state index in [0.29, 0.717) is 34.6 Å². The molecular formula is C21H22ClN3O3S. The van der Waals surface area contributed by atoms with Crippen LogP contribution < -0.4 is 0 Å². The second kappa shape index (κ2) is 8.26. The van der Waals surface area contributed by atoms with Gasteiger partial charge in [-0.1, -0.05) is 42.2 Å². The van der Waals surface area contributed by atoms with Crippen LogP contribution in [-0.2, 0) is 16.4 Å². The van der Waals surface area contributed by atoms with Crippen molar-refractivity contribution in [2.45, 2.75) is 43.5 Å². The molecule has 0 N–H and O–H groups in total. The third-order valence-corrected chi connectivity index (χ3v) is 7.28. The van der Waals surface area contributed by atoms with Crippen molar-refractivity contribution in [3.63, 3.8) is 0 Å². The fraction of sp³-hybridized carbons (Fsp3) is 0.333. The molecule has 8 heteroatoms. The van der Waals surface area contributed by atoms with Gasteiger partial charge in [0.25, 0.3) is 0 Å². The number of halogens is 1. The molecule has 1 fully saturated rings. The van der Waals surface area contributed by atoms with Gasteiger partial charge >= 0.3 is 0 Å². The van der Waals surface area contributed by atoms with Crippen LogP contribution in [0.2, 0.25) is 5.02 Å². The lowest BCUT2D eigenvalue weighted by Crippen LogP contribution is -2.30. The number of hydrogen-bond acceptors (Lipinski definition) is 5. The van der Waals surface area contributed by atoms with Crippen LogP contribution in [0.15, 0.2) is 57.9 Å². The summed E-state index contributed by atoms with van der Waals surface area (Å²) in [6, 6.07) is 13.8. The monoisotopic (exact) mass is 431 g/mol. The van der Waals surface area contributed by atoms with Crippen LogP contribution in [-0.4, -0.2) is 29.4 Å². The second-order valence-electron chi connectivity index (χ2n) is 7.13. The zero-order valence-corrected chi connectivity index (χ0v) is 17.7. The first-order valence-corrected chi connectivity index (χ1v) is 11.5. The van der Waals surface area contributed by atoms with Gasteiger partial charge in [-0.25, -0.2) is 8.42 Å². The molecule has 0 aliphatic carbocycles. The lowest BCUT2D eigenvalue weighted by atomic mass is 10.1. The van der Waals surface area contributed by atoms with Crippen molar-refractivity contribution in [2.24, 2.45) is 0 Å². The molecule has 3 aromatic rings. The van der Waals surface area contributed by atoms with Gasteiger partial charge in [-0.15, -0.1) is 0 Å². The highest BCUT2D eigenvalue weighted by Crippen LogP contribution is 2.36. The fourth-order valence-electron chi connectivity index (χ4n) is 3.61. The normalized spacial score (nSPS) is 17.7. The van der Waals surface area contributed by atoms with Crippen molar-refractivity contribution in [3.8, 4) is 11.4 Å². The Bertz CT molecular complexity index is 1080. The van der Waals surface area contributed by atoms with Gasteiger partial charge in [-0.05, 0) is 61.2 Å². The first-order valence-electron chi connectivity index (χ1n) is 9.69. The van der Waals surface area contributed by atoms with E-state index in [1.54, 1.807) is 36.4 Å². The molecule has 0 bridgehead atoms. The minimum Gasteiger partial charge on any atom is -0.337 e. The van der Waals surface area contributed by atoms with Gasteiger partial charge in [0, 0.05) is 17.1 Å². The number of hydrogen-bond donors (Lipinski definition) is 0. The summed E-state index contributed by atoms with van der Waals surface area (Å²) in [7, 11) is -3.64. The topological polar surface area (TPSA) is 76.3 Å². The quantitative estimate of drug-likeness (QED) is 0.556. The van der Waals surface area contributed by atoms with Crippen molar-refractivity contribution in [3.05, 3.63) is 65.0 Å². The second-order valence-corrected chi connectivity index (χ2v) is 9.46. The molecule has 2 heterocycles. The number of benzene rings is 2. The summed E-state index contributed by atoms with van der Waals surface area (Å²) < 4.78 is 33.4. The lowest BCUT2D eigenvalue weighted by Gasteiger charge is -2.21. The van der Waals surface area contributed by atoms with Crippen molar-refractivity contribution >= 4 is 21.6 Å². The van der Waals surface area contributed by atoms with Gasteiger partial charge in [0.1, 0.15) is 6.04 Å². The summed E-state index contributed by atoms with van der Waals surface area (Å²) in [5.74, 6) is 0.739. The maximum absolute atomic E-state index is 13.2. The van der Waals surface area contributed by atoms with Crippen LogP contribution in [0.5, 0.6) is 0 Å². The van der Waals surface area contributed by atoms with Crippen molar-refractivity contribution in [1.82, 2.24) is 14.4 Å². The van der Waals surface area contributed by atoms with E-state index in [1.165, 1.54) is 4.31 Å². The maximum Gasteiger partial charge on any atom is 0.245 e. The van der Waals surface area contributed by atoms with Gasteiger partial charge in [0.2, 0.25) is 21.7 Å². The van der Waals surface area contributed by atoms with Crippen LogP contribution in [0.4, 0.5) is 0 Å². The fourth-order valence-corrected chi connectivity index (χ4v) is 5.39. The Morgan fingerprint density at radius 2 is 1.86 bits per heavy atom. The van der Waals surface area contributed by atoms with Gasteiger partial charge in [-0.3, -0.25) is 0 Å². The van der Waals surface area contributed by atoms with Gasteiger partial charge < -0.3 is 4.52 Å². The Hall–Kier alpha value is -2.22. The number of sulfonamides is 1. The molecule has 2 aromatic carbocycles. The minimum atomic E-state index is -3.64. The molecule has 0 spiro atoms. The predicted octanol–water partition coefficient (Wildman–Crippen LogP) is 4.87. The minimum absolute atomic E-state index is 0.293. The van der Waals surface area contributed by atoms with Crippen LogP contribution in [0, 0.1) is 0 Å².